The van der Waals surface area contributed by atoms with Gasteiger partial charge in [-0.15, -0.1) is 0 Å². The van der Waals surface area contributed by atoms with Gasteiger partial charge >= 0.3 is 0 Å². The molecule has 2 aromatic rings. The molecule has 1 N–H and O–H groups in total. The van der Waals surface area contributed by atoms with Crippen molar-refractivity contribution in [3.8, 4) is 5.75 Å². The Balaban J connectivity index is 1.46. The highest BCUT2D eigenvalue weighted by atomic mass is 16.5. The van der Waals surface area contributed by atoms with Gasteiger partial charge in [-0.3, -0.25) is 19.5 Å². The SMILES string of the molecule is C[C@H]1Oc2cccnc2N(C)C(=O)[C@H]1NC(=O)C1=NC(Cc2ccccc2)C=N1. The topological polar surface area (TPSA) is 96.2 Å². The molecule has 0 spiro atoms. The number of aliphatic imine (C=N–C) groups is 2. The van der Waals surface area contributed by atoms with E-state index in [0.717, 1.165) is 5.56 Å². The largest absolute Gasteiger partial charge is 0.484 e. The lowest BCUT2D eigenvalue weighted by molar-refractivity contribution is -0.126. The van der Waals surface area contributed by atoms with E-state index in [-0.39, 0.29) is 17.8 Å². The van der Waals surface area contributed by atoms with Gasteiger partial charge in [0.2, 0.25) is 5.84 Å². The maximum absolute atomic E-state index is 12.9. The second-order valence-electron chi connectivity index (χ2n) is 6.98. The molecular formula is C21H21N5O3. The molecule has 8 nitrogen and oxygen atoms in total. The number of amides is 2. The standard InChI is InChI=1S/C21H21N5O3/c1-13-17(21(28)26(2)19-16(29-13)9-6-10-22-19)25-20(27)18-23-12-15(24-18)11-14-7-4-3-5-8-14/h3-10,12-13,15,17H,11H2,1-2H3,(H,25,27)/t13-,15?,17+/m1/s1. The van der Waals surface area contributed by atoms with Crippen molar-refractivity contribution >= 4 is 29.7 Å². The molecule has 0 saturated carbocycles. The summed E-state index contributed by atoms with van der Waals surface area (Å²) in [5.74, 6) is 0.158. The van der Waals surface area contributed by atoms with Crippen molar-refractivity contribution in [3.05, 3.63) is 54.2 Å². The summed E-state index contributed by atoms with van der Waals surface area (Å²) in [4.78, 5) is 39.7. The highest BCUT2D eigenvalue weighted by Crippen LogP contribution is 2.29. The third kappa shape index (κ3) is 3.87. The third-order valence-corrected chi connectivity index (χ3v) is 4.88. The number of pyridine rings is 1. The number of nitrogens with one attached hydrogen (secondary N) is 1. The van der Waals surface area contributed by atoms with Crippen molar-refractivity contribution in [3.63, 3.8) is 0 Å². The van der Waals surface area contributed by atoms with E-state index in [2.05, 4.69) is 20.3 Å². The van der Waals surface area contributed by atoms with E-state index in [4.69, 9.17) is 4.74 Å². The number of amidine groups is 1. The van der Waals surface area contributed by atoms with Crippen molar-refractivity contribution in [2.75, 3.05) is 11.9 Å². The lowest BCUT2D eigenvalue weighted by atomic mass is 10.1. The minimum absolute atomic E-state index is 0.0634. The summed E-state index contributed by atoms with van der Waals surface area (Å²) >= 11 is 0. The number of carbonyl (C=O) groups is 2. The van der Waals surface area contributed by atoms with E-state index in [9.17, 15) is 9.59 Å². The smallest absolute Gasteiger partial charge is 0.289 e. The molecule has 2 amide bonds. The fraction of sp³-hybridized carbons (Fsp3) is 0.286. The average Bonchev–Trinajstić information content (AvgIpc) is 3.17. The Labute approximate surface area is 168 Å². The number of benzene rings is 1. The molecule has 0 saturated heterocycles. The first kappa shape index (κ1) is 18.8. The van der Waals surface area contributed by atoms with E-state index in [1.165, 1.54) is 4.90 Å². The summed E-state index contributed by atoms with van der Waals surface area (Å²) in [5.41, 5.74) is 1.11. The van der Waals surface area contributed by atoms with Gasteiger partial charge in [0.1, 0.15) is 12.1 Å². The van der Waals surface area contributed by atoms with Gasteiger partial charge in [-0.1, -0.05) is 30.3 Å². The van der Waals surface area contributed by atoms with E-state index in [1.54, 1.807) is 38.5 Å². The summed E-state index contributed by atoms with van der Waals surface area (Å²) in [7, 11) is 1.61. The maximum Gasteiger partial charge on any atom is 0.289 e. The Bertz CT molecular complexity index is 989. The lowest BCUT2D eigenvalue weighted by Gasteiger charge is -2.23. The molecule has 1 aromatic heterocycles. The number of hydrogen-bond donors (Lipinski definition) is 1. The molecule has 1 unspecified atom stereocenters. The summed E-state index contributed by atoms with van der Waals surface area (Å²) in [6.07, 6.45) is 3.32. The molecule has 0 bridgehead atoms. The lowest BCUT2D eigenvalue weighted by Crippen LogP contribution is -2.54. The molecule has 1 aromatic carbocycles. The minimum Gasteiger partial charge on any atom is -0.484 e. The number of likely N-dealkylation sites (N-methyl/N-ethyl adjacent to an activating group) is 1. The van der Waals surface area contributed by atoms with Crippen LogP contribution < -0.4 is 15.0 Å². The van der Waals surface area contributed by atoms with Gasteiger partial charge < -0.3 is 10.1 Å². The van der Waals surface area contributed by atoms with Crippen LogP contribution in [0.2, 0.25) is 0 Å². The number of fused-ring (bicyclic) bond motifs is 1. The highest BCUT2D eigenvalue weighted by molar-refractivity contribution is 6.41. The van der Waals surface area contributed by atoms with Crippen molar-refractivity contribution in [1.29, 1.82) is 0 Å². The Morgan fingerprint density at radius 1 is 1.21 bits per heavy atom. The van der Waals surface area contributed by atoms with Crippen LogP contribution in [0.3, 0.4) is 0 Å². The molecule has 2 aliphatic heterocycles. The molecule has 0 aliphatic carbocycles. The molecule has 2 aliphatic rings. The quantitative estimate of drug-likeness (QED) is 0.852. The molecular weight excluding hydrogens is 370 g/mol. The zero-order valence-corrected chi connectivity index (χ0v) is 16.1. The Hall–Kier alpha value is -3.55. The van der Waals surface area contributed by atoms with Gasteiger partial charge in [0.05, 0.1) is 6.04 Å². The van der Waals surface area contributed by atoms with Crippen molar-refractivity contribution in [2.45, 2.75) is 31.5 Å². The number of hydrogen-bond acceptors (Lipinski definition) is 6. The maximum atomic E-state index is 12.9. The second kappa shape index (κ2) is 7.83. The van der Waals surface area contributed by atoms with Gasteiger partial charge in [0, 0.05) is 19.5 Å². The van der Waals surface area contributed by atoms with Crippen molar-refractivity contribution < 1.29 is 14.3 Å². The van der Waals surface area contributed by atoms with Gasteiger partial charge in [0.25, 0.3) is 11.8 Å². The zero-order chi connectivity index (χ0) is 20.4. The molecule has 0 radical (unpaired) electrons. The fourth-order valence-electron chi connectivity index (χ4n) is 3.34. The summed E-state index contributed by atoms with van der Waals surface area (Å²) in [6, 6.07) is 12.3. The van der Waals surface area contributed by atoms with Crippen LogP contribution in [0.1, 0.15) is 12.5 Å². The van der Waals surface area contributed by atoms with Gasteiger partial charge in [-0.2, -0.15) is 0 Å². The monoisotopic (exact) mass is 391 g/mol. The van der Waals surface area contributed by atoms with Crippen LogP contribution in [-0.2, 0) is 16.0 Å². The fourth-order valence-corrected chi connectivity index (χ4v) is 3.34. The van der Waals surface area contributed by atoms with Crippen LogP contribution in [0.5, 0.6) is 5.75 Å². The number of rotatable bonds is 4. The second-order valence-corrected chi connectivity index (χ2v) is 6.98. The molecule has 4 rings (SSSR count). The Morgan fingerprint density at radius 2 is 2.00 bits per heavy atom. The van der Waals surface area contributed by atoms with Gasteiger partial charge in [-0.05, 0) is 31.0 Å². The summed E-state index contributed by atoms with van der Waals surface area (Å²) in [6.45, 7) is 1.73. The predicted octanol–water partition coefficient (Wildman–Crippen LogP) is 1.40. The molecule has 0 fully saturated rings. The first-order valence-corrected chi connectivity index (χ1v) is 9.39. The van der Waals surface area contributed by atoms with E-state index in [0.29, 0.717) is 18.0 Å². The number of aromatic nitrogens is 1. The minimum atomic E-state index is -0.882. The van der Waals surface area contributed by atoms with E-state index >= 15 is 0 Å². The third-order valence-electron chi connectivity index (χ3n) is 4.88. The molecule has 29 heavy (non-hydrogen) atoms. The zero-order valence-electron chi connectivity index (χ0n) is 16.1. The molecule has 148 valence electrons. The van der Waals surface area contributed by atoms with Crippen LogP contribution in [0.15, 0.2) is 58.6 Å². The number of nitrogens with zero attached hydrogens (tertiary/aromatic N) is 4. The number of anilines is 1. The molecule has 3 atom stereocenters. The number of carbonyl (C=O) groups excluding carboxylic acids is 2. The molecule has 3 heterocycles. The highest BCUT2D eigenvalue weighted by Gasteiger charge is 2.37. The van der Waals surface area contributed by atoms with Crippen LogP contribution in [-0.4, -0.2) is 54.1 Å². The van der Waals surface area contributed by atoms with Gasteiger partial charge in [0.15, 0.2) is 11.6 Å². The first-order valence-electron chi connectivity index (χ1n) is 9.39. The van der Waals surface area contributed by atoms with Crippen LogP contribution in [0, 0.1) is 0 Å². The molecule has 8 heteroatoms. The van der Waals surface area contributed by atoms with Crippen molar-refractivity contribution in [2.24, 2.45) is 9.98 Å². The van der Waals surface area contributed by atoms with Crippen molar-refractivity contribution in [1.82, 2.24) is 10.3 Å². The van der Waals surface area contributed by atoms with Crippen LogP contribution >= 0.6 is 0 Å². The summed E-state index contributed by atoms with van der Waals surface area (Å²) in [5, 5.41) is 2.72. The predicted molar refractivity (Wildman–Crippen MR) is 110 cm³/mol. The Kier molecular flexibility index (Phi) is 5.07. The normalized spacial score (nSPS) is 23.1. The summed E-state index contributed by atoms with van der Waals surface area (Å²) < 4.78 is 5.86. The van der Waals surface area contributed by atoms with Crippen LogP contribution in [0.25, 0.3) is 0 Å². The Morgan fingerprint density at radius 3 is 2.79 bits per heavy atom. The average molecular weight is 391 g/mol. The van der Waals surface area contributed by atoms with E-state index in [1.807, 2.05) is 30.3 Å². The number of ether oxygens (including phenoxy) is 1. The van der Waals surface area contributed by atoms with Gasteiger partial charge in [-0.25, -0.2) is 9.98 Å². The van der Waals surface area contributed by atoms with E-state index < -0.39 is 18.1 Å². The van der Waals surface area contributed by atoms with Crippen LogP contribution in [0.4, 0.5) is 5.82 Å². The first-order chi connectivity index (χ1) is 14.0.